The lowest BCUT2D eigenvalue weighted by Crippen LogP contribution is -2.06. The molecule has 0 bridgehead atoms. The van der Waals surface area contributed by atoms with Crippen molar-refractivity contribution in [2.45, 2.75) is 20.0 Å². The Morgan fingerprint density at radius 1 is 1.38 bits per heavy atom. The van der Waals surface area contributed by atoms with Gasteiger partial charge in [0.1, 0.15) is 0 Å². The Hall–Kier alpha value is -1.39. The van der Waals surface area contributed by atoms with Gasteiger partial charge in [0.25, 0.3) is 0 Å². The molecule has 0 aromatic carbocycles. The van der Waals surface area contributed by atoms with Gasteiger partial charge >= 0.3 is 0 Å². The second-order valence-electron chi connectivity index (χ2n) is 3.58. The van der Waals surface area contributed by atoms with E-state index in [1.54, 1.807) is 10.9 Å². The molecular weight excluding hydrogens is 224 g/mol. The molecule has 16 heavy (non-hydrogen) atoms. The molecule has 0 atom stereocenters. The molecule has 0 saturated heterocycles. The summed E-state index contributed by atoms with van der Waals surface area (Å²) in [5, 5.41) is 4.95. The molecule has 0 aliphatic carbocycles. The van der Waals surface area contributed by atoms with Crippen molar-refractivity contribution >= 4 is 11.6 Å². The highest BCUT2D eigenvalue weighted by Crippen LogP contribution is 2.12. The maximum absolute atomic E-state index is 5.93. The van der Waals surface area contributed by atoms with E-state index in [0.717, 1.165) is 17.1 Å². The van der Waals surface area contributed by atoms with Gasteiger partial charge in [0.05, 0.1) is 28.6 Å². The lowest BCUT2D eigenvalue weighted by atomic mass is 10.3. The Bertz CT molecular complexity index is 473. The van der Waals surface area contributed by atoms with Crippen molar-refractivity contribution in [1.82, 2.24) is 14.8 Å². The molecule has 0 spiro atoms. The summed E-state index contributed by atoms with van der Waals surface area (Å²) in [6.45, 7) is 2.94. The van der Waals surface area contributed by atoms with E-state index in [1.165, 1.54) is 0 Å². The van der Waals surface area contributed by atoms with Gasteiger partial charge in [-0.05, 0) is 19.1 Å². The summed E-state index contributed by atoms with van der Waals surface area (Å²) in [5.41, 5.74) is 8.18. The number of nitrogens with two attached hydrogens (primary N) is 1. The molecule has 0 radical (unpaired) electrons. The summed E-state index contributed by atoms with van der Waals surface area (Å²) in [5.74, 6) is 0. The maximum Gasteiger partial charge on any atom is 0.0832 e. The zero-order valence-electron chi connectivity index (χ0n) is 9.02. The fraction of sp³-hybridized carbons (Fsp3) is 0.273. The monoisotopic (exact) mass is 236 g/mol. The van der Waals surface area contributed by atoms with E-state index in [9.17, 15) is 0 Å². The molecule has 2 N–H and O–H groups in total. The Kier molecular flexibility index (Phi) is 3.22. The number of hydrogen-bond donors (Lipinski definition) is 1. The first kappa shape index (κ1) is 11.1. The average Bonchev–Trinajstić information content (AvgIpc) is 2.58. The standard InChI is InChI=1S/C11H13ClN4/c1-8-11(12)7-16(15-8)6-10-4-2-3-9(5-13)14-10/h2-4,7H,5-6,13H2,1H3. The van der Waals surface area contributed by atoms with Crippen molar-refractivity contribution in [3.05, 3.63) is 46.5 Å². The Morgan fingerprint density at radius 2 is 2.12 bits per heavy atom. The number of hydrogen-bond acceptors (Lipinski definition) is 3. The van der Waals surface area contributed by atoms with E-state index in [0.29, 0.717) is 18.1 Å². The predicted molar refractivity (Wildman–Crippen MR) is 63.2 cm³/mol. The van der Waals surface area contributed by atoms with Crippen LogP contribution in [0.5, 0.6) is 0 Å². The molecule has 0 saturated carbocycles. The number of nitrogens with zero attached hydrogens (tertiary/aromatic N) is 3. The number of aromatic nitrogens is 3. The third-order valence-electron chi connectivity index (χ3n) is 2.28. The van der Waals surface area contributed by atoms with E-state index in [2.05, 4.69) is 10.1 Å². The van der Waals surface area contributed by atoms with Crippen molar-refractivity contribution in [2.75, 3.05) is 0 Å². The summed E-state index contributed by atoms with van der Waals surface area (Å²) in [4.78, 5) is 4.40. The first-order chi connectivity index (χ1) is 7.69. The summed E-state index contributed by atoms with van der Waals surface area (Å²) in [6.07, 6.45) is 1.80. The largest absolute Gasteiger partial charge is 0.325 e. The molecule has 0 fully saturated rings. The van der Waals surface area contributed by atoms with Gasteiger partial charge in [-0.1, -0.05) is 17.7 Å². The van der Waals surface area contributed by atoms with Crippen molar-refractivity contribution < 1.29 is 0 Å². The van der Waals surface area contributed by atoms with Crippen molar-refractivity contribution in [2.24, 2.45) is 5.73 Å². The van der Waals surface area contributed by atoms with Gasteiger partial charge in [-0.2, -0.15) is 5.10 Å². The zero-order chi connectivity index (χ0) is 11.5. The molecule has 0 aliphatic rings. The van der Waals surface area contributed by atoms with Crippen molar-refractivity contribution in [3.8, 4) is 0 Å². The third-order valence-corrected chi connectivity index (χ3v) is 2.66. The van der Waals surface area contributed by atoms with E-state index < -0.39 is 0 Å². The molecule has 84 valence electrons. The first-order valence-corrected chi connectivity index (χ1v) is 5.41. The molecule has 2 heterocycles. The van der Waals surface area contributed by atoms with Crippen LogP contribution in [0.2, 0.25) is 5.02 Å². The molecule has 0 aliphatic heterocycles. The van der Waals surface area contributed by atoms with Crippen LogP contribution in [0.1, 0.15) is 17.1 Å². The maximum atomic E-state index is 5.93. The highest BCUT2D eigenvalue weighted by molar-refractivity contribution is 6.31. The average molecular weight is 237 g/mol. The summed E-state index contributed by atoms with van der Waals surface area (Å²) >= 11 is 5.93. The number of pyridine rings is 1. The minimum absolute atomic E-state index is 0.451. The van der Waals surface area contributed by atoms with Gasteiger partial charge in [0, 0.05) is 12.7 Å². The highest BCUT2D eigenvalue weighted by Gasteiger charge is 2.03. The van der Waals surface area contributed by atoms with Gasteiger partial charge < -0.3 is 5.73 Å². The van der Waals surface area contributed by atoms with Crippen molar-refractivity contribution in [1.29, 1.82) is 0 Å². The first-order valence-electron chi connectivity index (χ1n) is 5.03. The SMILES string of the molecule is Cc1nn(Cc2cccc(CN)n2)cc1Cl. The van der Waals surface area contributed by atoms with E-state index >= 15 is 0 Å². The fourth-order valence-electron chi connectivity index (χ4n) is 1.47. The van der Waals surface area contributed by atoms with Gasteiger partial charge in [0.2, 0.25) is 0 Å². The minimum atomic E-state index is 0.451. The molecular formula is C11H13ClN4. The highest BCUT2D eigenvalue weighted by atomic mass is 35.5. The predicted octanol–water partition coefficient (Wildman–Crippen LogP) is 1.75. The van der Waals surface area contributed by atoms with Crippen LogP contribution in [0, 0.1) is 6.92 Å². The molecule has 2 rings (SSSR count). The Balaban J connectivity index is 2.20. The topological polar surface area (TPSA) is 56.7 Å². The number of rotatable bonds is 3. The molecule has 0 amide bonds. The number of halogens is 1. The quantitative estimate of drug-likeness (QED) is 0.883. The van der Waals surface area contributed by atoms with Crippen LogP contribution in [0.25, 0.3) is 0 Å². The molecule has 0 unspecified atom stereocenters. The number of aryl methyl sites for hydroxylation is 1. The van der Waals surface area contributed by atoms with Crippen LogP contribution < -0.4 is 5.73 Å². The van der Waals surface area contributed by atoms with Crippen LogP contribution >= 0.6 is 11.6 Å². The normalized spacial score (nSPS) is 10.7. The van der Waals surface area contributed by atoms with E-state index in [4.69, 9.17) is 17.3 Å². The molecule has 4 nitrogen and oxygen atoms in total. The van der Waals surface area contributed by atoms with Gasteiger partial charge in [-0.3, -0.25) is 9.67 Å². The lowest BCUT2D eigenvalue weighted by molar-refractivity contribution is 0.663. The lowest BCUT2D eigenvalue weighted by Gasteiger charge is -2.02. The van der Waals surface area contributed by atoms with E-state index in [-0.39, 0.29) is 0 Å². The van der Waals surface area contributed by atoms with Crippen LogP contribution in [0.4, 0.5) is 0 Å². The fourth-order valence-corrected chi connectivity index (χ4v) is 1.62. The summed E-state index contributed by atoms with van der Waals surface area (Å²) in [7, 11) is 0. The second kappa shape index (κ2) is 4.63. The Morgan fingerprint density at radius 3 is 2.75 bits per heavy atom. The van der Waals surface area contributed by atoms with Crippen molar-refractivity contribution in [3.63, 3.8) is 0 Å². The van der Waals surface area contributed by atoms with E-state index in [1.807, 2.05) is 25.1 Å². The minimum Gasteiger partial charge on any atom is -0.325 e. The van der Waals surface area contributed by atoms with Gasteiger partial charge in [0.15, 0.2) is 0 Å². The second-order valence-corrected chi connectivity index (χ2v) is 3.99. The van der Waals surface area contributed by atoms with Crippen LogP contribution in [-0.2, 0) is 13.1 Å². The molecule has 2 aromatic heterocycles. The molecule has 5 heteroatoms. The van der Waals surface area contributed by atoms with Crippen LogP contribution in [0.3, 0.4) is 0 Å². The summed E-state index contributed by atoms with van der Waals surface area (Å²) < 4.78 is 1.78. The van der Waals surface area contributed by atoms with Crippen LogP contribution in [0.15, 0.2) is 24.4 Å². The van der Waals surface area contributed by atoms with Gasteiger partial charge in [-0.25, -0.2) is 0 Å². The third kappa shape index (κ3) is 2.40. The zero-order valence-corrected chi connectivity index (χ0v) is 9.78. The molecule has 2 aromatic rings. The Labute approximate surface area is 99.1 Å². The summed E-state index contributed by atoms with van der Waals surface area (Å²) in [6, 6.07) is 5.80. The van der Waals surface area contributed by atoms with Gasteiger partial charge in [-0.15, -0.1) is 0 Å². The van der Waals surface area contributed by atoms with Crippen LogP contribution in [-0.4, -0.2) is 14.8 Å². The smallest absolute Gasteiger partial charge is 0.0832 e.